The molecule has 1 aliphatic carbocycles. The fraction of sp³-hybridized carbons (Fsp3) is 0.636. The largest absolute Gasteiger partial charge is 0.394 e. The van der Waals surface area contributed by atoms with E-state index in [2.05, 4.69) is 15.3 Å². The second-order valence-corrected chi connectivity index (χ2v) is 7.04. The topological polar surface area (TPSA) is 75.1 Å². The van der Waals surface area contributed by atoms with E-state index in [9.17, 15) is 18.1 Å². The van der Waals surface area contributed by atoms with Crippen LogP contribution >= 0.6 is 11.6 Å². The molecule has 0 spiro atoms. The first-order valence-electron chi connectivity index (χ1n) is 6.06. The van der Waals surface area contributed by atoms with Crippen LogP contribution in [0.5, 0.6) is 0 Å². The van der Waals surface area contributed by atoms with Gasteiger partial charge in [0, 0.05) is 25.0 Å². The van der Waals surface area contributed by atoms with Crippen LogP contribution in [0.15, 0.2) is 4.90 Å². The van der Waals surface area contributed by atoms with Crippen LogP contribution in [-0.4, -0.2) is 43.1 Å². The number of hydrogen-bond donors (Lipinski definition) is 2. The number of aliphatic hydroxyl groups is 1. The Kier molecular flexibility index (Phi) is 3.22. The second-order valence-electron chi connectivity index (χ2n) is 5.19. The van der Waals surface area contributed by atoms with E-state index in [4.69, 9.17) is 11.6 Å². The molecule has 110 valence electrons. The van der Waals surface area contributed by atoms with Gasteiger partial charge < -0.3 is 10.4 Å². The molecule has 1 aliphatic heterocycles. The Morgan fingerprint density at radius 1 is 1.40 bits per heavy atom. The Hall–Kier alpha value is -0.860. The van der Waals surface area contributed by atoms with Gasteiger partial charge in [-0.3, -0.25) is 4.21 Å². The zero-order chi connectivity index (χ0) is 14.5. The van der Waals surface area contributed by atoms with Gasteiger partial charge in [0.2, 0.25) is 5.28 Å². The lowest BCUT2D eigenvalue weighted by Crippen LogP contribution is -2.59. The minimum atomic E-state index is -2.80. The standard InChI is InChI=1S/C11H12ClF2N3O2S/c12-9-15-6-1-2-20(19)7(6)8(16-9)17-10(5-18)3-11(13,14)4-10/h18H,1-5H2,(H,15,16,17)/t20-/m0/s1. The number of aromatic nitrogens is 2. The third-order valence-corrected chi connectivity index (χ3v) is 5.17. The van der Waals surface area contributed by atoms with E-state index in [-0.39, 0.29) is 11.1 Å². The van der Waals surface area contributed by atoms with E-state index in [1.165, 1.54) is 0 Å². The van der Waals surface area contributed by atoms with E-state index in [1.807, 2.05) is 0 Å². The van der Waals surface area contributed by atoms with Gasteiger partial charge in [-0.05, 0) is 11.6 Å². The number of aryl methyl sites for hydroxylation is 1. The first-order chi connectivity index (χ1) is 9.34. The maximum Gasteiger partial charge on any atom is 0.252 e. The van der Waals surface area contributed by atoms with E-state index in [0.717, 1.165) is 0 Å². The molecule has 1 aromatic heterocycles. The van der Waals surface area contributed by atoms with Crippen LogP contribution in [0.1, 0.15) is 18.5 Å². The van der Waals surface area contributed by atoms with Crippen LogP contribution in [0.4, 0.5) is 14.6 Å². The fourth-order valence-corrected chi connectivity index (χ4v) is 4.17. The quantitative estimate of drug-likeness (QED) is 0.822. The first kappa shape index (κ1) is 14.1. The minimum Gasteiger partial charge on any atom is -0.394 e. The Labute approximate surface area is 121 Å². The first-order valence-corrected chi connectivity index (χ1v) is 7.76. The number of aliphatic hydroxyl groups excluding tert-OH is 1. The summed E-state index contributed by atoms with van der Waals surface area (Å²) in [4.78, 5) is 8.37. The Bertz CT molecular complexity index is 591. The van der Waals surface area contributed by atoms with Crippen molar-refractivity contribution in [3.8, 4) is 0 Å². The lowest BCUT2D eigenvalue weighted by Gasteiger charge is -2.47. The maximum absolute atomic E-state index is 13.1. The van der Waals surface area contributed by atoms with E-state index in [1.54, 1.807) is 0 Å². The maximum atomic E-state index is 13.1. The summed E-state index contributed by atoms with van der Waals surface area (Å²) in [5.74, 6) is -2.18. The Morgan fingerprint density at radius 3 is 2.70 bits per heavy atom. The fourth-order valence-electron chi connectivity index (χ4n) is 2.68. The average Bonchev–Trinajstić information content (AvgIpc) is 2.68. The highest BCUT2D eigenvalue weighted by Crippen LogP contribution is 2.47. The van der Waals surface area contributed by atoms with Crippen molar-refractivity contribution in [1.82, 2.24) is 9.97 Å². The van der Waals surface area contributed by atoms with Gasteiger partial charge in [-0.15, -0.1) is 0 Å². The number of nitrogens with zero attached hydrogens (tertiary/aromatic N) is 2. The molecule has 0 unspecified atom stereocenters. The molecule has 0 saturated heterocycles. The van der Waals surface area contributed by atoms with Crippen LogP contribution < -0.4 is 5.32 Å². The van der Waals surface area contributed by atoms with Crippen LogP contribution in [0, 0.1) is 0 Å². The molecule has 0 radical (unpaired) electrons. The Morgan fingerprint density at radius 2 is 2.10 bits per heavy atom. The van der Waals surface area contributed by atoms with Crippen LogP contribution in [0.2, 0.25) is 5.28 Å². The third kappa shape index (κ3) is 2.29. The van der Waals surface area contributed by atoms with E-state index in [0.29, 0.717) is 22.8 Å². The predicted molar refractivity (Wildman–Crippen MR) is 69.6 cm³/mol. The molecule has 0 aromatic carbocycles. The summed E-state index contributed by atoms with van der Waals surface area (Å²) >= 11 is 5.79. The average molecular weight is 324 g/mol. The molecule has 1 aromatic rings. The lowest BCUT2D eigenvalue weighted by atomic mass is 9.74. The van der Waals surface area contributed by atoms with Crippen LogP contribution in [0.25, 0.3) is 0 Å². The lowest BCUT2D eigenvalue weighted by molar-refractivity contribution is -0.126. The molecule has 3 rings (SSSR count). The highest BCUT2D eigenvalue weighted by molar-refractivity contribution is 7.85. The molecular weight excluding hydrogens is 312 g/mol. The van der Waals surface area contributed by atoms with Crippen molar-refractivity contribution >= 4 is 28.2 Å². The van der Waals surface area contributed by atoms with Gasteiger partial charge in [0.05, 0.1) is 28.6 Å². The third-order valence-electron chi connectivity index (χ3n) is 3.54. The monoisotopic (exact) mass is 323 g/mol. The highest BCUT2D eigenvalue weighted by Gasteiger charge is 2.57. The van der Waals surface area contributed by atoms with Crippen molar-refractivity contribution in [2.75, 3.05) is 17.7 Å². The molecular formula is C11H12ClF2N3O2S. The van der Waals surface area contributed by atoms with Gasteiger partial charge in [-0.25, -0.2) is 13.8 Å². The van der Waals surface area contributed by atoms with Gasteiger partial charge in [-0.1, -0.05) is 0 Å². The summed E-state index contributed by atoms with van der Waals surface area (Å²) in [6, 6.07) is 0. The second kappa shape index (κ2) is 4.57. The number of hydrogen-bond acceptors (Lipinski definition) is 5. The van der Waals surface area contributed by atoms with Crippen LogP contribution in [-0.2, 0) is 17.2 Å². The molecule has 9 heteroatoms. The smallest absolute Gasteiger partial charge is 0.252 e. The van der Waals surface area contributed by atoms with Crippen molar-refractivity contribution < 1.29 is 18.1 Å². The van der Waals surface area contributed by atoms with Crippen molar-refractivity contribution in [3.05, 3.63) is 11.0 Å². The molecule has 1 fully saturated rings. The predicted octanol–water partition coefficient (Wildman–Crippen LogP) is 1.37. The number of rotatable bonds is 3. The Balaban J connectivity index is 1.94. The molecule has 1 saturated carbocycles. The van der Waals surface area contributed by atoms with E-state index >= 15 is 0 Å². The summed E-state index contributed by atoms with van der Waals surface area (Å²) in [6.07, 6.45) is -0.458. The van der Waals surface area contributed by atoms with Crippen molar-refractivity contribution in [2.45, 2.75) is 35.6 Å². The normalized spacial score (nSPS) is 25.9. The molecule has 5 nitrogen and oxygen atoms in total. The van der Waals surface area contributed by atoms with E-state index < -0.39 is 41.7 Å². The highest BCUT2D eigenvalue weighted by atomic mass is 35.5. The number of alkyl halides is 2. The molecule has 2 N–H and O–H groups in total. The summed E-state index contributed by atoms with van der Waals surface area (Å²) in [6.45, 7) is -0.453. The SMILES string of the molecule is O=[S@]1CCc2nc(Cl)nc(NC3(CO)CC(F)(F)C3)c21. The number of fused-ring (bicyclic) bond motifs is 1. The summed E-state index contributed by atoms with van der Waals surface area (Å²) in [5, 5.41) is 12.2. The molecule has 2 aliphatic rings. The molecule has 2 heterocycles. The number of nitrogens with one attached hydrogen (secondary N) is 1. The zero-order valence-electron chi connectivity index (χ0n) is 10.3. The summed E-state index contributed by atoms with van der Waals surface area (Å²) in [5.41, 5.74) is -0.563. The number of anilines is 1. The van der Waals surface area contributed by atoms with Gasteiger partial charge in [0.15, 0.2) is 0 Å². The van der Waals surface area contributed by atoms with Crippen molar-refractivity contribution in [3.63, 3.8) is 0 Å². The van der Waals surface area contributed by atoms with Gasteiger partial charge in [0.25, 0.3) is 5.92 Å². The molecule has 20 heavy (non-hydrogen) atoms. The summed E-state index contributed by atoms with van der Waals surface area (Å²) in [7, 11) is -1.27. The van der Waals surface area contributed by atoms with Gasteiger partial charge in [0.1, 0.15) is 10.7 Å². The molecule has 0 amide bonds. The van der Waals surface area contributed by atoms with Crippen molar-refractivity contribution in [2.24, 2.45) is 0 Å². The summed E-state index contributed by atoms with van der Waals surface area (Å²) < 4.78 is 38.1. The van der Waals surface area contributed by atoms with Crippen molar-refractivity contribution in [1.29, 1.82) is 0 Å². The molecule has 1 atom stereocenters. The minimum absolute atomic E-state index is 0.0238. The number of halogens is 3. The molecule has 0 bridgehead atoms. The van der Waals surface area contributed by atoms with Gasteiger partial charge >= 0.3 is 0 Å². The van der Waals surface area contributed by atoms with Crippen LogP contribution in [0.3, 0.4) is 0 Å². The zero-order valence-corrected chi connectivity index (χ0v) is 11.9. The van der Waals surface area contributed by atoms with Gasteiger partial charge in [-0.2, -0.15) is 4.98 Å².